The Kier molecular flexibility index (Phi) is 5.19. The Labute approximate surface area is 165 Å². The quantitative estimate of drug-likeness (QED) is 0.841. The van der Waals surface area contributed by atoms with E-state index in [1.54, 1.807) is 17.0 Å². The van der Waals surface area contributed by atoms with E-state index in [2.05, 4.69) is 46.7 Å². The fraction of sp³-hybridized carbons (Fsp3) is 0.364. The first-order valence-electron chi connectivity index (χ1n) is 9.86. The summed E-state index contributed by atoms with van der Waals surface area (Å²) in [6.07, 6.45) is 1.07. The Morgan fingerprint density at radius 3 is 2.82 bits per heavy atom. The number of urea groups is 1. The Bertz CT molecular complexity index is 882. The normalized spacial score (nSPS) is 19.0. The average molecular weight is 378 g/mol. The van der Waals surface area contributed by atoms with Crippen LogP contribution in [-0.2, 0) is 0 Å². The maximum atomic E-state index is 12.6. The Balaban J connectivity index is 1.34. The van der Waals surface area contributed by atoms with E-state index >= 15 is 0 Å². The molecule has 6 heteroatoms. The fourth-order valence-electron chi connectivity index (χ4n) is 4.01. The van der Waals surface area contributed by atoms with Crippen LogP contribution in [0.5, 0.6) is 0 Å². The molecule has 2 N–H and O–H groups in total. The molecule has 2 aromatic carbocycles. The van der Waals surface area contributed by atoms with E-state index < -0.39 is 0 Å². The molecule has 28 heavy (non-hydrogen) atoms. The predicted octanol–water partition coefficient (Wildman–Crippen LogP) is 2.78. The summed E-state index contributed by atoms with van der Waals surface area (Å²) < 4.78 is 0. The summed E-state index contributed by atoms with van der Waals surface area (Å²) in [6.45, 7) is 6.03. The van der Waals surface area contributed by atoms with Crippen LogP contribution in [0.2, 0.25) is 0 Å². The molecule has 1 atom stereocenters. The van der Waals surface area contributed by atoms with Crippen LogP contribution in [0.3, 0.4) is 0 Å². The smallest absolute Gasteiger partial charge is 0.321 e. The Morgan fingerprint density at radius 1 is 1.18 bits per heavy atom. The van der Waals surface area contributed by atoms with Crippen molar-refractivity contribution >= 4 is 23.3 Å². The van der Waals surface area contributed by atoms with Crippen LogP contribution in [0.1, 0.15) is 22.3 Å². The monoisotopic (exact) mass is 378 g/mol. The second-order valence-electron chi connectivity index (χ2n) is 7.53. The van der Waals surface area contributed by atoms with Gasteiger partial charge in [0.15, 0.2) is 0 Å². The number of para-hydroxylation sites is 1. The number of benzene rings is 2. The molecular weight excluding hydrogens is 352 g/mol. The van der Waals surface area contributed by atoms with Gasteiger partial charge in [-0.2, -0.15) is 0 Å². The summed E-state index contributed by atoms with van der Waals surface area (Å²) in [4.78, 5) is 28.5. The van der Waals surface area contributed by atoms with Crippen molar-refractivity contribution in [3.63, 3.8) is 0 Å². The minimum absolute atomic E-state index is 0.0872. The van der Waals surface area contributed by atoms with Crippen molar-refractivity contribution in [3.05, 3.63) is 59.7 Å². The van der Waals surface area contributed by atoms with Gasteiger partial charge in [0, 0.05) is 49.7 Å². The van der Waals surface area contributed by atoms with E-state index in [1.807, 2.05) is 12.1 Å². The van der Waals surface area contributed by atoms with E-state index in [0.717, 1.165) is 25.2 Å². The molecule has 0 spiro atoms. The zero-order valence-corrected chi connectivity index (χ0v) is 16.1. The van der Waals surface area contributed by atoms with E-state index in [-0.39, 0.29) is 11.9 Å². The molecule has 2 saturated heterocycles. The molecule has 4 rings (SSSR count). The van der Waals surface area contributed by atoms with Gasteiger partial charge < -0.3 is 15.5 Å². The van der Waals surface area contributed by atoms with Crippen LogP contribution < -0.4 is 20.4 Å². The highest BCUT2D eigenvalue weighted by atomic mass is 16.2. The number of hydrogen-bond donors (Lipinski definition) is 2. The van der Waals surface area contributed by atoms with Crippen molar-refractivity contribution in [1.29, 1.82) is 0 Å². The largest absolute Gasteiger partial charge is 0.371 e. The van der Waals surface area contributed by atoms with Gasteiger partial charge in [-0.15, -0.1) is 0 Å². The number of rotatable bonds is 5. The first-order valence-corrected chi connectivity index (χ1v) is 9.86. The molecule has 0 radical (unpaired) electrons. The molecule has 2 aliphatic rings. The van der Waals surface area contributed by atoms with E-state index in [1.165, 1.54) is 11.3 Å². The minimum Gasteiger partial charge on any atom is -0.371 e. The van der Waals surface area contributed by atoms with Gasteiger partial charge in [0.2, 0.25) is 0 Å². The van der Waals surface area contributed by atoms with Gasteiger partial charge in [-0.05, 0) is 49.1 Å². The third kappa shape index (κ3) is 3.81. The van der Waals surface area contributed by atoms with E-state index in [9.17, 15) is 9.59 Å². The van der Waals surface area contributed by atoms with Crippen molar-refractivity contribution in [2.45, 2.75) is 13.3 Å². The molecule has 3 amide bonds. The van der Waals surface area contributed by atoms with Crippen LogP contribution in [0.4, 0.5) is 16.2 Å². The van der Waals surface area contributed by atoms with Crippen LogP contribution in [0, 0.1) is 12.8 Å². The van der Waals surface area contributed by atoms with Gasteiger partial charge in [0.05, 0.1) is 0 Å². The third-order valence-corrected chi connectivity index (χ3v) is 5.57. The lowest BCUT2D eigenvalue weighted by molar-refractivity contribution is 0.0948. The molecule has 0 unspecified atom stereocenters. The second kappa shape index (κ2) is 7.92. The number of carbonyl (C=O) groups is 2. The average Bonchev–Trinajstić information content (AvgIpc) is 3.35. The van der Waals surface area contributed by atoms with Crippen molar-refractivity contribution in [1.82, 2.24) is 10.6 Å². The molecule has 0 aromatic heterocycles. The number of nitrogens with one attached hydrogen (secondary N) is 2. The lowest BCUT2D eigenvalue weighted by Crippen LogP contribution is -2.31. The third-order valence-electron chi connectivity index (χ3n) is 5.57. The van der Waals surface area contributed by atoms with Crippen molar-refractivity contribution < 1.29 is 9.59 Å². The highest BCUT2D eigenvalue weighted by Crippen LogP contribution is 2.26. The van der Waals surface area contributed by atoms with Gasteiger partial charge in [0.25, 0.3) is 5.91 Å². The van der Waals surface area contributed by atoms with E-state index in [0.29, 0.717) is 31.1 Å². The van der Waals surface area contributed by atoms with Crippen molar-refractivity contribution in [2.24, 2.45) is 5.92 Å². The van der Waals surface area contributed by atoms with E-state index in [4.69, 9.17) is 0 Å². The highest BCUT2D eigenvalue weighted by Gasteiger charge is 2.25. The molecule has 0 bridgehead atoms. The summed E-state index contributed by atoms with van der Waals surface area (Å²) in [5.74, 6) is 0.354. The number of aryl methyl sites for hydroxylation is 1. The molecule has 2 aromatic rings. The van der Waals surface area contributed by atoms with Crippen LogP contribution >= 0.6 is 0 Å². The van der Waals surface area contributed by atoms with Crippen molar-refractivity contribution in [2.75, 3.05) is 42.5 Å². The lowest BCUT2D eigenvalue weighted by Gasteiger charge is -2.21. The molecule has 6 nitrogen and oxygen atoms in total. The second-order valence-corrected chi connectivity index (χ2v) is 7.53. The van der Waals surface area contributed by atoms with Gasteiger partial charge in [0.1, 0.15) is 0 Å². The number of anilines is 2. The molecule has 2 heterocycles. The summed E-state index contributed by atoms with van der Waals surface area (Å²) in [5.41, 5.74) is 3.92. The maximum absolute atomic E-state index is 12.6. The van der Waals surface area contributed by atoms with Gasteiger partial charge in [-0.25, -0.2) is 4.79 Å². The molecule has 146 valence electrons. The first kappa shape index (κ1) is 18.3. The van der Waals surface area contributed by atoms with Crippen LogP contribution in [-0.4, -0.2) is 44.7 Å². The molecule has 2 fully saturated rings. The number of carbonyl (C=O) groups excluding carboxylic acids is 2. The first-order chi connectivity index (χ1) is 13.6. The number of hydrogen-bond acceptors (Lipinski definition) is 3. The van der Waals surface area contributed by atoms with Crippen LogP contribution in [0.25, 0.3) is 0 Å². The predicted molar refractivity (Wildman–Crippen MR) is 111 cm³/mol. The standard InChI is InChI=1S/C22H26N4O2/c1-16-5-2-3-8-20(16)25-11-9-17(15-25)14-24-21(27)18-6-4-7-19(13-18)26-12-10-23-22(26)28/h2-8,13,17H,9-12,14-15H2,1H3,(H,23,28)(H,24,27)/t17-/m1/s1. The SMILES string of the molecule is Cc1ccccc1N1CC[C@H](CNC(=O)c2cccc(N3CCNC3=O)c2)C1. The number of nitrogens with zero attached hydrogens (tertiary/aromatic N) is 2. The van der Waals surface area contributed by atoms with Crippen molar-refractivity contribution in [3.8, 4) is 0 Å². The highest BCUT2D eigenvalue weighted by molar-refractivity contribution is 5.98. The van der Waals surface area contributed by atoms with Gasteiger partial charge in [-0.3, -0.25) is 9.69 Å². The molecule has 2 aliphatic heterocycles. The molecule has 0 aliphatic carbocycles. The fourth-order valence-corrected chi connectivity index (χ4v) is 4.01. The zero-order valence-electron chi connectivity index (χ0n) is 16.1. The summed E-state index contributed by atoms with van der Waals surface area (Å²) in [6, 6.07) is 15.6. The summed E-state index contributed by atoms with van der Waals surface area (Å²) in [7, 11) is 0. The van der Waals surface area contributed by atoms with Gasteiger partial charge in [-0.1, -0.05) is 24.3 Å². The lowest BCUT2D eigenvalue weighted by atomic mass is 10.1. The Morgan fingerprint density at radius 2 is 2.04 bits per heavy atom. The minimum atomic E-state index is -0.111. The Hall–Kier alpha value is -3.02. The molecular formula is C22H26N4O2. The van der Waals surface area contributed by atoms with Gasteiger partial charge >= 0.3 is 6.03 Å². The summed E-state index contributed by atoms with van der Waals surface area (Å²) >= 11 is 0. The molecule has 0 saturated carbocycles. The topological polar surface area (TPSA) is 64.7 Å². The summed E-state index contributed by atoms with van der Waals surface area (Å²) in [5, 5.41) is 5.85. The zero-order chi connectivity index (χ0) is 19.5. The van der Waals surface area contributed by atoms with Crippen LogP contribution in [0.15, 0.2) is 48.5 Å². The maximum Gasteiger partial charge on any atom is 0.321 e. The number of amides is 3.